The molecular weight excluding hydrogens is 280 g/mol. The number of nitrogens with zero attached hydrogens (tertiary/aromatic N) is 1. The van der Waals surface area contributed by atoms with Crippen LogP contribution in [0.4, 0.5) is 5.69 Å². The summed E-state index contributed by atoms with van der Waals surface area (Å²) in [6.07, 6.45) is 6.90. The lowest BCUT2D eigenvalue weighted by Crippen LogP contribution is -2.10. The van der Waals surface area contributed by atoms with Crippen molar-refractivity contribution in [1.82, 2.24) is 4.98 Å². The molecule has 1 N–H and O–H groups in total. The van der Waals surface area contributed by atoms with E-state index in [1.807, 2.05) is 13.0 Å². The molecule has 2 aromatic rings. The minimum absolute atomic E-state index is 0.264. The van der Waals surface area contributed by atoms with Gasteiger partial charge in [0.2, 0.25) is 0 Å². The second-order valence-electron chi connectivity index (χ2n) is 5.93. The molecule has 0 radical (unpaired) electrons. The second kappa shape index (κ2) is 6.07. The first-order valence-electron chi connectivity index (χ1n) is 7.64. The molecule has 1 aromatic heterocycles. The maximum Gasteiger partial charge on any atom is 0.132 e. The van der Waals surface area contributed by atoms with E-state index in [0.29, 0.717) is 5.15 Å². The van der Waals surface area contributed by atoms with Gasteiger partial charge in [-0.25, -0.2) is 4.98 Å². The maximum atomic E-state index is 5.97. The van der Waals surface area contributed by atoms with E-state index in [4.69, 9.17) is 11.6 Å². The summed E-state index contributed by atoms with van der Waals surface area (Å²) in [4.78, 5) is 4.20. The van der Waals surface area contributed by atoms with Gasteiger partial charge < -0.3 is 5.32 Å². The molecule has 0 bridgehead atoms. The van der Waals surface area contributed by atoms with Crippen molar-refractivity contribution in [2.45, 2.75) is 45.6 Å². The Labute approximate surface area is 131 Å². The average molecular weight is 301 g/mol. The maximum absolute atomic E-state index is 5.97. The van der Waals surface area contributed by atoms with Gasteiger partial charge in [0.1, 0.15) is 5.15 Å². The Morgan fingerprint density at radius 1 is 1.14 bits per heavy atom. The summed E-state index contributed by atoms with van der Waals surface area (Å²) >= 11 is 5.97. The number of benzene rings is 1. The Balaban J connectivity index is 1.78. The Morgan fingerprint density at radius 2 is 1.90 bits per heavy atom. The number of anilines is 1. The summed E-state index contributed by atoms with van der Waals surface area (Å²) in [5, 5.41) is 4.08. The number of halogens is 1. The van der Waals surface area contributed by atoms with Crippen molar-refractivity contribution in [2.24, 2.45) is 0 Å². The molecule has 0 saturated heterocycles. The van der Waals surface area contributed by atoms with E-state index in [2.05, 4.69) is 35.4 Å². The van der Waals surface area contributed by atoms with Gasteiger partial charge in [0.25, 0.3) is 0 Å². The lowest BCUT2D eigenvalue weighted by atomic mass is 9.89. The zero-order valence-electron chi connectivity index (χ0n) is 12.6. The topological polar surface area (TPSA) is 24.9 Å². The third kappa shape index (κ3) is 3.21. The van der Waals surface area contributed by atoms with Gasteiger partial charge in [0.15, 0.2) is 0 Å². The van der Waals surface area contributed by atoms with Gasteiger partial charge in [-0.3, -0.25) is 0 Å². The van der Waals surface area contributed by atoms with E-state index in [1.54, 1.807) is 6.20 Å². The molecule has 3 heteroatoms. The summed E-state index contributed by atoms with van der Waals surface area (Å²) in [6, 6.07) is 9.22. The summed E-state index contributed by atoms with van der Waals surface area (Å²) in [5.41, 5.74) is 6.41. The summed E-state index contributed by atoms with van der Waals surface area (Å²) < 4.78 is 0. The zero-order chi connectivity index (χ0) is 14.8. The number of hydrogen-bond donors (Lipinski definition) is 1. The third-order valence-electron chi connectivity index (χ3n) is 4.27. The molecule has 3 rings (SSSR count). The molecule has 1 aromatic carbocycles. The van der Waals surface area contributed by atoms with Gasteiger partial charge in [-0.2, -0.15) is 0 Å². The quantitative estimate of drug-likeness (QED) is 0.798. The summed E-state index contributed by atoms with van der Waals surface area (Å²) in [6.45, 7) is 4.17. The first kappa shape index (κ1) is 14.4. The fourth-order valence-corrected chi connectivity index (χ4v) is 3.10. The van der Waals surface area contributed by atoms with Crippen LogP contribution in [0.1, 0.15) is 48.1 Å². The van der Waals surface area contributed by atoms with Crippen molar-refractivity contribution in [2.75, 3.05) is 5.32 Å². The van der Waals surface area contributed by atoms with Crippen LogP contribution in [-0.2, 0) is 12.8 Å². The van der Waals surface area contributed by atoms with Crippen molar-refractivity contribution in [1.29, 1.82) is 0 Å². The first-order chi connectivity index (χ1) is 10.1. The van der Waals surface area contributed by atoms with Crippen LogP contribution in [-0.4, -0.2) is 4.98 Å². The van der Waals surface area contributed by atoms with Crippen LogP contribution in [0.3, 0.4) is 0 Å². The SMILES string of the molecule is Cc1cc(NC(C)c2ccc3c(c2)CCCC3)cnc1Cl. The molecule has 1 atom stereocenters. The fourth-order valence-electron chi connectivity index (χ4n) is 2.99. The molecule has 110 valence electrons. The smallest absolute Gasteiger partial charge is 0.132 e. The highest BCUT2D eigenvalue weighted by atomic mass is 35.5. The lowest BCUT2D eigenvalue weighted by molar-refractivity contribution is 0.683. The molecule has 0 spiro atoms. The van der Waals surface area contributed by atoms with Gasteiger partial charge in [-0.05, 0) is 67.9 Å². The van der Waals surface area contributed by atoms with E-state index >= 15 is 0 Å². The molecule has 0 aliphatic heterocycles. The highest BCUT2D eigenvalue weighted by molar-refractivity contribution is 6.30. The Bertz CT molecular complexity index is 652. The molecule has 1 unspecified atom stereocenters. The van der Waals surface area contributed by atoms with Crippen LogP contribution in [0, 0.1) is 6.92 Å². The number of aromatic nitrogens is 1. The van der Waals surface area contributed by atoms with Crippen molar-refractivity contribution < 1.29 is 0 Å². The second-order valence-corrected chi connectivity index (χ2v) is 6.29. The van der Waals surface area contributed by atoms with Gasteiger partial charge in [0, 0.05) is 6.04 Å². The highest BCUT2D eigenvalue weighted by Crippen LogP contribution is 2.27. The van der Waals surface area contributed by atoms with Crippen LogP contribution in [0.25, 0.3) is 0 Å². The van der Waals surface area contributed by atoms with Gasteiger partial charge in [0.05, 0.1) is 11.9 Å². The molecule has 2 nitrogen and oxygen atoms in total. The molecular formula is C18H21ClN2. The summed E-state index contributed by atoms with van der Waals surface area (Å²) in [7, 11) is 0. The van der Waals surface area contributed by atoms with E-state index in [-0.39, 0.29) is 6.04 Å². The number of pyridine rings is 1. The van der Waals surface area contributed by atoms with Crippen molar-refractivity contribution in [3.63, 3.8) is 0 Å². The lowest BCUT2D eigenvalue weighted by Gasteiger charge is -2.20. The summed E-state index contributed by atoms with van der Waals surface area (Å²) in [5.74, 6) is 0. The van der Waals surface area contributed by atoms with Crippen molar-refractivity contribution in [3.05, 3.63) is 57.9 Å². The first-order valence-corrected chi connectivity index (χ1v) is 8.01. The molecule has 1 heterocycles. The van der Waals surface area contributed by atoms with Crippen LogP contribution in [0.15, 0.2) is 30.5 Å². The largest absolute Gasteiger partial charge is 0.377 e. The minimum Gasteiger partial charge on any atom is -0.377 e. The number of nitrogens with one attached hydrogen (secondary N) is 1. The Morgan fingerprint density at radius 3 is 2.67 bits per heavy atom. The van der Waals surface area contributed by atoms with E-state index in [0.717, 1.165) is 11.3 Å². The molecule has 1 aliphatic carbocycles. The molecule has 1 aliphatic rings. The number of fused-ring (bicyclic) bond motifs is 1. The molecule has 0 fully saturated rings. The highest BCUT2D eigenvalue weighted by Gasteiger charge is 2.12. The van der Waals surface area contributed by atoms with Crippen molar-refractivity contribution in [3.8, 4) is 0 Å². The normalized spacial score (nSPS) is 15.4. The standard InChI is InChI=1S/C18H21ClN2/c1-12-9-17(11-20-18(12)19)21-13(2)15-8-7-14-5-3-4-6-16(14)10-15/h7-11,13,21H,3-6H2,1-2H3. The number of rotatable bonds is 3. The van der Waals surface area contributed by atoms with Crippen molar-refractivity contribution >= 4 is 17.3 Å². The van der Waals surface area contributed by atoms with Gasteiger partial charge >= 0.3 is 0 Å². The van der Waals surface area contributed by atoms with E-state index < -0.39 is 0 Å². The number of hydrogen-bond acceptors (Lipinski definition) is 2. The van der Waals surface area contributed by atoms with Gasteiger partial charge in [-0.15, -0.1) is 0 Å². The molecule has 21 heavy (non-hydrogen) atoms. The van der Waals surface area contributed by atoms with Crippen LogP contribution in [0.5, 0.6) is 0 Å². The van der Waals surface area contributed by atoms with Crippen LogP contribution < -0.4 is 5.32 Å². The predicted octanol–water partition coefficient (Wildman–Crippen LogP) is 5.10. The van der Waals surface area contributed by atoms with E-state index in [1.165, 1.54) is 42.4 Å². The third-order valence-corrected chi connectivity index (χ3v) is 4.67. The molecule has 0 saturated carbocycles. The molecule has 0 amide bonds. The van der Waals surface area contributed by atoms with Crippen LogP contribution in [0.2, 0.25) is 5.15 Å². The Kier molecular flexibility index (Phi) is 4.16. The average Bonchev–Trinajstić information content (AvgIpc) is 2.50. The zero-order valence-corrected chi connectivity index (χ0v) is 13.4. The van der Waals surface area contributed by atoms with E-state index in [9.17, 15) is 0 Å². The predicted molar refractivity (Wildman–Crippen MR) is 89.1 cm³/mol. The number of aryl methyl sites for hydroxylation is 3. The fraction of sp³-hybridized carbons (Fsp3) is 0.389. The Hall–Kier alpha value is -1.54. The van der Waals surface area contributed by atoms with Crippen LogP contribution >= 0.6 is 11.6 Å². The minimum atomic E-state index is 0.264. The van der Waals surface area contributed by atoms with Gasteiger partial charge in [-0.1, -0.05) is 29.8 Å². The monoisotopic (exact) mass is 300 g/mol.